The molecule has 0 atom stereocenters. The van der Waals surface area contributed by atoms with Crippen molar-refractivity contribution in [1.82, 2.24) is 10.3 Å². The van der Waals surface area contributed by atoms with Gasteiger partial charge in [0.25, 0.3) is 0 Å². The molecule has 1 aromatic carbocycles. The number of thiazole rings is 1. The van der Waals surface area contributed by atoms with Crippen molar-refractivity contribution in [3.63, 3.8) is 0 Å². The summed E-state index contributed by atoms with van der Waals surface area (Å²) in [6.45, 7) is 5.37. The Morgan fingerprint density at radius 2 is 1.82 bits per heavy atom. The smallest absolute Gasteiger partial charge is 0.0948 e. The second kappa shape index (κ2) is 7.38. The predicted molar refractivity (Wildman–Crippen MR) is 95.6 cm³/mol. The topological polar surface area (TPSA) is 24.9 Å². The average Bonchev–Trinajstić information content (AvgIpc) is 2.90. The summed E-state index contributed by atoms with van der Waals surface area (Å²) in [6.07, 6.45) is 7.96. The van der Waals surface area contributed by atoms with Crippen LogP contribution in [0, 0.1) is 13.8 Å². The molecule has 0 radical (unpaired) electrons. The van der Waals surface area contributed by atoms with Gasteiger partial charge in [-0.25, -0.2) is 4.98 Å². The first-order valence-electron chi connectivity index (χ1n) is 8.49. The van der Waals surface area contributed by atoms with E-state index < -0.39 is 0 Å². The molecule has 22 heavy (non-hydrogen) atoms. The van der Waals surface area contributed by atoms with Gasteiger partial charge in [0, 0.05) is 29.4 Å². The Kier molecular flexibility index (Phi) is 5.27. The van der Waals surface area contributed by atoms with Crippen LogP contribution in [0.1, 0.15) is 47.6 Å². The van der Waals surface area contributed by atoms with Crippen LogP contribution in [0.5, 0.6) is 0 Å². The number of rotatable bonds is 5. The van der Waals surface area contributed by atoms with Crippen LogP contribution in [-0.2, 0) is 6.42 Å². The Morgan fingerprint density at radius 1 is 1.09 bits per heavy atom. The molecule has 1 fully saturated rings. The molecule has 118 valence electrons. The van der Waals surface area contributed by atoms with Crippen LogP contribution in [0.15, 0.2) is 24.3 Å². The lowest BCUT2D eigenvalue weighted by Crippen LogP contribution is -2.32. The van der Waals surface area contributed by atoms with E-state index in [0.29, 0.717) is 0 Å². The van der Waals surface area contributed by atoms with Crippen molar-refractivity contribution in [3.05, 3.63) is 39.7 Å². The molecule has 0 saturated heterocycles. The molecular formula is C19H26N2S. The quantitative estimate of drug-likeness (QED) is 0.849. The van der Waals surface area contributed by atoms with Crippen molar-refractivity contribution in [2.24, 2.45) is 0 Å². The van der Waals surface area contributed by atoms with Gasteiger partial charge in [-0.2, -0.15) is 0 Å². The highest BCUT2D eigenvalue weighted by Gasteiger charge is 2.13. The van der Waals surface area contributed by atoms with Crippen molar-refractivity contribution < 1.29 is 0 Å². The Bertz CT molecular complexity index is 594. The normalized spacial score (nSPS) is 16.1. The SMILES string of the molecule is Cc1ccc(-c2nc(CCNC3CCCCC3)sc2C)cc1. The first kappa shape index (κ1) is 15.7. The monoisotopic (exact) mass is 314 g/mol. The van der Waals surface area contributed by atoms with Gasteiger partial charge in [0.05, 0.1) is 10.7 Å². The van der Waals surface area contributed by atoms with E-state index in [0.717, 1.165) is 24.7 Å². The van der Waals surface area contributed by atoms with Gasteiger partial charge < -0.3 is 5.32 Å². The number of hydrogen-bond acceptors (Lipinski definition) is 3. The van der Waals surface area contributed by atoms with E-state index in [1.807, 2.05) is 11.3 Å². The van der Waals surface area contributed by atoms with Crippen LogP contribution < -0.4 is 5.32 Å². The third-order valence-electron chi connectivity index (χ3n) is 4.54. The molecule has 0 unspecified atom stereocenters. The molecule has 1 saturated carbocycles. The molecule has 0 spiro atoms. The maximum atomic E-state index is 4.87. The van der Waals surface area contributed by atoms with Crippen LogP contribution in [-0.4, -0.2) is 17.6 Å². The lowest BCUT2D eigenvalue weighted by Gasteiger charge is -2.22. The number of nitrogens with one attached hydrogen (secondary N) is 1. The number of aromatic nitrogens is 1. The first-order valence-corrected chi connectivity index (χ1v) is 9.31. The molecule has 1 heterocycles. The summed E-state index contributed by atoms with van der Waals surface area (Å²) in [5, 5.41) is 4.97. The summed E-state index contributed by atoms with van der Waals surface area (Å²) >= 11 is 1.85. The highest BCUT2D eigenvalue weighted by Crippen LogP contribution is 2.28. The third kappa shape index (κ3) is 3.96. The van der Waals surface area contributed by atoms with E-state index in [2.05, 4.69) is 43.4 Å². The Labute approximate surface area is 138 Å². The molecule has 3 heteroatoms. The molecule has 1 N–H and O–H groups in total. The molecule has 0 bridgehead atoms. The standard InChI is InChI=1S/C19H26N2S/c1-14-8-10-16(11-9-14)19-15(2)22-18(21-19)12-13-20-17-6-4-3-5-7-17/h8-11,17,20H,3-7,12-13H2,1-2H3. The minimum atomic E-state index is 0.742. The number of hydrogen-bond donors (Lipinski definition) is 1. The zero-order chi connectivity index (χ0) is 15.4. The maximum Gasteiger partial charge on any atom is 0.0948 e. The minimum absolute atomic E-state index is 0.742. The summed E-state index contributed by atoms with van der Waals surface area (Å²) in [5.74, 6) is 0. The van der Waals surface area contributed by atoms with Crippen LogP contribution in [0.25, 0.3) is 11.3 Å². The van der Waals surface area contributed by atoms with Crippen molar-refractivity contribution in [1.29, 1.82) is 0 Å². The van der Waals surface area contributed by atoms with Gasteiger partial charge in [0.15, 0.2) is 0 Å². The maximum absolute atomic E-state index is 4.87. The lowest BCUT2D eigenvalue weighted by atomic mass is 9.95. The zero-order valence-corrected chi connectivity index (χ0v) is 14.5. The molecule has 2 aromatic rings. The highest BCUT2D eigenvalue weighted by atomic mass is 32.1. The van der Waals surface area contributed by atoms with E-state index >= 15 is 0 Å². The van der Waals surface area contributed by atoms with Crippen LogP contribution in [0.4, 0.5) is 0 Å². The van der Waals surface area contributed by atoms with Crippen LogP contribution in [0.3, 0.4) is 0 Å². The summed E-state index contributed by atoms with van der Waals surface area (Å²) < 4.78 is 0. The Balaban J connectivity index is 1.58. The van der Waals surface area contributed by atoms with Crippen molar-refractivity contribution in [3.8, 4) is 11.3 Å². The molecule has 0 amide bonds. The average molecular weight is 314 g/mol. The van der Waals surface area contributed by atoms with Crippen LogP contribution >= 0.6 is 11.3 Å². The molecule has 1 aliphatic rings. The van der Waals surface area contributed by atoms with Crippen molar-refractivity contribution in [2.45, 2.75) is 58.4 Å². The van der Waals surface area contributed by atoms with Crippen molar-refractivity contribution in [2.75, 3.05) is 6.54 Å². The second-order valence-corrected chi connectivity index (χ2v) is 7.71. The van der Waals surface area contributed by atoms with E-state index in [1.54, 1.807) is 0 Å². The molecular weight excluding hydrogens is 288 g/mol. The number of aryl methyl sites for hydroxylation is 2. The van der Waals surface area contributed by atoms with E-state index in [4.69, 9.17) is 4.98 Å². The van der Waals surface area contributed by atoms with E-state index in [9.17, 15) is 0 Å². The fourth-order valence-electron chi connectivity index (χ4n) is 3.23. The fourth-order valence-corrected chi connectivity index (χ4v) is 4.18. The van der Waals surface area contributed by atoms with Gasteiger partial charge in [-0.15, -0.1) is 11.3 Å². The van der Waals surface area contributed by atoms with E-state index in [-0.39, 0.29) is 0 Å². The third-order valence-corrected chi connectivity index (χ3v) is 5.57. The summed E-state index contributed by atoms with van der Waals surface area (Å²) in [6, 6.07) is 9.44. The number of nitrogens with zero attached hydrogens (tertiary/aromatic N) is 1. The first-order chi connectivity index (χ1) is 10.7. The molecule has 0 aliphatic heterocycles. The van der Waals surface area contributed by atoms with Gasteiger partial charge in [0.1, 0.15) is 0 Å². The molecule has 2 nitrogen and oxygen atoms in total. The minimum Gasteiger partial charge on any atom is -0.314 e. The summed E-state index contributed by atoms with van der Waals surface area (Å²) in [5.41, 5.74) is 3.71. The highest BCUT2D eigenvalue weighted by molar-refractivity contribution is 7.12. The second-order valence-electron chi connectivity index (χ2n) is 6.42. The largest absolute Gasteiger partial charge is 0.314 e. The van der Waals surface area contributed by atoms with Crippen molar-refractivity contribution >= 4 is 11.3 Å². The van der Waals surface area contributed by atoms with Gasteiger partial charge in [-0.05, 0) is 26.7 Å². The number of benzene rings is 1. The van der Waals surface area contributed by atoms with Gasteiger partial charge in [-0.3, -0.25) is 0 Å². The van der Waals surface area contributed by atoms with Crippen LogP contribution in [0.2, 0.25) is 0 Å². The van der Waals surface area contributed by atoms with Gasteiger partial charge in [-0.1, -0.05) is 49.1 Å². The Hall–Kier alpha value is -1.19. The zero-order valence-electron chi connectivity index (χ0n) is 13.7. The summed E-state index contributed by atoms with van der Waals surface area (Å²) in [4.78, 5) is 6.20. The Morgan fingerprint density at radius 3 is 2.55 bits per heavy atom. The van der Waals surface area contributed by atoms with Gasteiger partial charge in [0.2, 0.25) is 0 Å². The molecule has 3 rings (SSSR count). The fraction of sp³-hybridized carbons (Fsp3) is 0.526. The molecule has 1 aromatic heterocycles. The summed E-state index contributed by atoms with van der Waals surface area (Å²) in [7, 11) is 0. The molecule has 1 aliphatic carbocycles. The van der Waals surface area contributed by atoms with E-state index in [1.165, 1.54) is 53.1 Å². The van der Waals surface area contributed by atoms with Gasteiger partial charge >= 0.3 is 0 Å². The lowest BCUT2D eigenvalue weighted by molar-refractivity contribution is 0.375. The predicted octanol–water partition coefficient (Wildman–Crippen LogP) is 4.89.